The topological polar surface area (TPSA) is 34.9 Å². The summed E-state index contributed by atoms with van der Waals surface area (Å²) >= 11 is 12.0. The van der Waals surface area contributed by atoms with E-state index < -0.39 is 0 Å². The molecule has 15 heavy (non-hydrogen) atoms. The van der Waals surface area contributed by atoms with Crippen LogP contribution < -0.4 is 0 Å². The van der Waals surface area contributed by atoms with Gasteiger partial charge in [0.15, 0.2) is 6.29 Å². The van der Waals surface area contributed by atoms with Crippen molar-refractivity contribution in [3.63, 3.8) is 0 Å². The Hall–Kier alpha value is -1.32. The molecule has 2 rings (SSSR count). The third kappa shape index (κ3) is 1.89. The second-order valence-electron chi connectivity index (χ2n) is 2.91. The van der Waals surface area contributed by atoms with Crippen LogP contribution in [0.15, 0.2) is 30.6 Å². The first-order valence-electron chi connectivity index (χ1n) is 4.16. The molecule has 0 fully saturated rings. The standard InChI is InChI=1S/C10H6Cl2N2O/c11-8-2-1-3-9(12)10(8)14-5-7(6-15)4-13-14/h1-6H. The van der Waals surface area contributed by atoms with Crippen LogP contribution >= 0.6 is 23.2 Å². The Morgan fingerprint density at radius 3 is 2.47 bits per heavy atom. The fourth-order valence-corrected chi connectivity index (χ4v) is 1.80. The highest BCUT2D eigenvalue weighted by Gasteiger charge is 2.08. The van der Waals surface area contributed by atoms with E-state index in [-0.39, 0.29) is 0 Å². The number of aromatic nitrogens is 2. The van der Waals surface area contributed by atoms with Gasteiger partial charge in [-0.05, 0) is 12.1 Å². The number of carbonyl (C=O) groups excluding carboxylic acids is 1. The van der Waals surface area contributed by atoms with E-state index in [2.05, 4.69) is 5.10 Å². The lowest BCUT2D eigenvalue weighted by atomic mass is 10.3. The van der Waals surface area contributed by atoms with E-state index in [0.717, 1.165) is 0 Å². The van der Waals surface area contributed by atoms with Gasteiger partial charge in [-0.2, -0.15) is 5.10 Å². The fourth-order valence-electron chi connectivity index (χ4n) is 1.23. The first kappa shape index (κ1) is 10.2. The van der Waals surface area contributed by atoms with E-state index in [4.69, 9.17) is 23.2 Å². The summed E-state index contributed by atoms with van der Waals surface area (Å²) in [5.41, 5.74) is 1.06. The van der Waals surface area contributed by atoms with Crippen LogP contribution in [0.1, 0.15) is 10.4 Å². The molecule has 1 aromatic carbocycles. The molecule has 0 aliphatic rings. The average Bonchev–Trinajstić information content (AvgIpc) is 2.66. The Labute approximate surface area is 96.2 Å². The summed E-state index contributed by atoms with van der Waals surface area (Å²) in [6.07, 6.45) is 3.74. The lowest BCUT2D eigenvalue weighted by Crippen LogP contribution is -1.96. The van der Waals surface area contributed by atoms with Gasteiger partial charge in [0.05, 0.1) is 21.8 Å². The largest absolute Gasteiger partial charge is 0.298 e. The van der Waals surface area contributed by atoms with Gasteiger partial charge in [-0.1, -0.05) is 29.3 Å². The summed E-state index contributed by atoms with van der Waals surface area (Å²) in [7, 11) is 0. The predicted molar refractivity (Wildman–Crippen MR) is 59.0 cm³/mol. The minimum Gasteiger partial charge on any atom is -0.298 e. The summed E-state index contributed by atoms with van der Waals surface area (Å²) in [4.78, 5) is 10.5. The van der Waals surface area contributed by atoms with Crippen LogP contribution in [0.2, 0.25) is 10.0 Å². The first-order valence-corrected chi connectivity index (χ1v) is 4.92. The number of hydrogen-bond acceptors (Lipinski definition) is 2. The molecule has 0 atom stereocenters. The number of aldehydes is 1. The normalized spacial score (nSPS) is 10.3. The smallest absolute Gasteiger partial charge is 0.153 e. The number of hydrogen-bond donors (Lipinski definition) is 0. The maximum Gasteiger partial charge on any atom is 0.153 e. The van der Waals surface area contributed by atoms with Crippen molar-refractivity contribution in [2.45, 2.75) is 0 Å². The van der Waals surface area contributed by atoms with Crippen LogP contribution in [-0.2, 0) is 0 Å². The van der Waals surface area contributed by atoms with Crippen LogP contribution in [0.3, 0.4) is 0 Å². The molecule has 0 aliphatic heterocycles. The maximum absolute atomic E-state index is 10.5. The van der Waals surface area contributed by atoms with Gasteiger partial charge in [-0.25, -0.2) is 4.68 Å². The molecule has 0 bridgehead atoms. The summed E-state index contributed by atoms with van der Waals surface area (Å²) < 4.78 is 1.48. The van der Waals surface area contributed by atoms with E-state index >= 15 is 0 Å². The summed E-state index contributed by atoms with van der Waals surface area (Å²) in [5, 5.41) is 4.97. The molecule has 2 aromatic rings. The van der Waals surface area contributed by atoms with Crippen LogP contribution in [0.5, 0.6) is 0 Å². The molecule has 0 saturated heterocycles. The molecule has 0 spiro atoms. The van der Waals surface area contributed by atoms with Crippen molar-refractivity contribution in [3.8, 4) is 5.69 Å². The highest BCUT2D eigenvalue weighted by Crippen LogP contribution is 2.27. The summed E-state index contributed by atoms with van der Waals surface area (Å²) in [5.74, 6) is 0. The highest BCUT2D eigenvalue weighted by molar-refractivity contribution is 6.37. The zero-order chi connectivity index (χ0) is 10.8. The minimum atomic E-state index is 0.478. The lowest BCUT2D eigenvalue weighted by Gasteiger charge is -2.05. The second-order valence-corrected chi connectivity index (χ2v) is 3.72. The van der Waals surface area contributed by atoms with Crippen molar-refractivity contribution in [2.24, 2.45) is 0 Å². The number of halogens is 2. The quantitative estimate of drug-likeness (QED) is 0.757. The fraction of sp³-hybridized carbons (Fsp3) is 0. The van der Waals surface area contributed by atoms with Gasteiger partial charge in [0.1, 0.15) is 5.69 Å². The molecule has 1 aromatic heterocycles. The van der Waals surface area contributed by atoms with Gasteiger partial charge in [-0.3, -0.25) is 4.79 Å². The molecular weight excluding hydrogens is 235 g/mol. The van der Waals surface area contributed by atoms with Crippen LogP contribution in [0.4, 0.5) is 0 Å². The monoisotopic (exact) mass is 240 g/mol. The van der Waals surface area contributed by atoms with Gasteiger partial charge >= 0.3 is 0 Å². The zero-order valence-corrected chi connectivity index (χ0v) is 9.03. The number of benzene rings is 1. The third-order valence-corrected chi connectivity index (χ3v) is 2.52. The molecule has 0 unspecified atom stereocenters. The van der Waals surface area contributed by atoms with E-state index in [1.54, 1.807) is 24.4 Å². The number of rotatable bonds is 2. The molecule has 0 saturated carbocycles. The van der Waals surface area contributed by atoms with Gasteiger partial charge < -0.3 is 0 Å². The summed E-state index contributed by atoms with van der Waals surface area (Å²) in [6, 6.07) is 5.17. The average molecular weight is 241 g/mol. The molecule has 1 heterocycles. The van der Waals surface area contributed by atoms with Crippen molar-refractivity contribution >= 4 is 29.5 Å². The van der Waals surface area contributed by atoms with E-state index in [1.807, 2.05) is 0 Å². The summed E-state index contributed by atoms with van der Waals surface area (Å²) in [6.45, 7) is 0. The molecule has 0 radical (unpaired) electrons. The molecule has 76 valence electrons. The lowest BCUT2D eigenvalue weighted by molar-refractivity contribution is 0.112. The molecule has 5 heteroatoms. The zero-order valence-electron chi connectivity index (χ0n) is 7.52. The maximum atomic E-state index is 10.5. The Kier molecular flexibility index (Phi) is 2.75. The predicted octanol–water partition coefficient (Wildman–Crippen LogP) is 2.99. The third-order valence-electron chi connectivity index (χ3n) is 1.91. The van der Waals surface area contributed by atoms with Crippen LogP contribution in [-0.4, -0.2) is 16.1 Å². The Morgan fingerprint density at radius 2 is 1.93 bits per heavy atom. The number of carbonyl (C=O) groups is 1. The number of nitrogens with zero attached hydrogens (tertiary/aromatic N) is 2. The van der Waals surface area contributed by atoms with E-state index in [9.17, 15) is 4.79 Å². The van der Waals surface area contributed by atoms with Gasteiger partial charge in [0, 0.05) is 6.20 Å². The Bertz CT molecular complexity index is 488. The SMILES string of the molecule is O=Cc1cnn(-c2c(Cl)cccc2Cl)c1. The van der Waals surface area contributed by atoms with E-state index in [1.165, 1.54) is 10.9 Å². The molecule has 0 amide bonds. The Morgan fingerprint density at radius 1 is 1.27 bits per heavy atom. The minimum absolute atomic E-state index is 0.478. The highest BCUT2D eigenvalue weighted by atomic mass is 35.5. The first-order chi connectivity index (χ1) is 7.22. The van der Waals surface area contributed by atoms with Crippen LogP contribution in [0.25, 0.3) is 5.69 Å². The van der Waals surface area contributed by atoms with Crippen molar-refractivity contribution in [2.75, 3.05) is 0 Å². The van der Waals surface area contributed by atoms with Crippen LogP contribution in [0, 0.1) is 0 Å². The molecule has 0 N–H and O–H groups in total. The molecule has 0 aliphatic carbocycles. The second kappa shape index (κ2) is 4.04. The van der Waals surface area contributed by atoms with Crippen molar-refractivity contribution in [3.05, 3.63) is 46.2 Å². The number of para-hydroxylation sites is 1. The van der Waals surface area contributed by atoms with E-state index in [0.29, 0.717) is 27.6 Å². The van der Waals surface area contributed by atoms with Gasteiger partial charge in [0.25, 0.3) is 0 Å². The van der Waals surface area contributed by atoms with Gasteiger partial charge in [0.2, 0.25) is 0 Å². The molecular formula is C10H6Cl2N2O. The van der Waals surface area contributed by atoms with Crippen molar-refractivity contribution in [1.82, 2.24) is 9.78 Å². The van der Waals surface area contributed by atoms with Crippen molar-refractivity contribution < 1.29 is 4.79 Å². The molecule has 3 nitrogen and oxygen atoms in total. The van der Waals surface area contributed by atoms with Gasteiger partial charge in [-0.15, -0.1) is 0 Å². The van der Waals surface area contributed by atoms with Crippen molar-refractivity contribution in [1.29, 1.82) is 0 Å². The Balaban J connectivity index is 2.58.